The van der Waals surface area contributed by atoms with Gasteiger partial charge >= 0.3 is 0 Å². The van der Waals surface area contributed by atoms with Crippen LogP contribution in [0.1, 0.15) is 22.8 Å². The average Bonchev–Trinajstić information content (AvgIpc) is 2.53. The van der Waals surface area contributed by atoms with Crippen LogP contribution in [0.5, 0.6) is 0 Å². The minimum atomic E-state index is -0.456. The fourth-order valence-electron chi connectivity index (χ4n) is 2.65. The number of amides is 1. The van der Waals surface area contributed by atoms with Gasteiger partial charge in [0.25, 0.3) is 5.91 Å². The molecule has 0 aliphatic carbocycles. The Bertz CT molecular complexity index is 496. The second-order valence-corrected chi connectivity index (χ2v) is 5.09. The van der Waals surface area contributed by atoms with Gasteiger partial charge in [0.2, 0.25) is 0 Å². The Hall–Kier alpha value is -1.22. The van der Waals surface area contributed by atoms with E-state index >= 15 is 0 Å². The molecular formula is C13H13NOS. The van der Waals surface area contributed by atoms with Crippen LogP contribution >= 0.6 is 12.6 Å². The number of nitrogens with zero attached hydrogens (tertiary/aromatic N) is 1. The topological polar surface area (TPSA) is 20.3 Å². The van der Waals surface area contributed by atoms with Crippen molar-refractivity contribution in [2.75, 3.05) is 6.54 Å². The molecule has 1 aromatic carbocycles. The quantitative estimate of drug-likeness (QED) is 0.537. The standard InChI is InChI=1S/C13H13NOS/c1-9-5-4-8-14-12(15)10-6-2-3-7-11(10)13(9,14)16/h2-7,9,16H,8H2,1H3/t9-,13+/m0/s1. The third kappa shape index (κ3) is 1.02. The molecular weight excluding hydrogens is 218 g/mol. The number of benzene rings is 1. The molecule has 16 heavy (non-hydrogen) atoms. The van der Waals surface area contributed by atoms with Gasteiger partial charge in [-0.3, -0.25) is 4.79 Å². The molecule has 0 N–H and O–H groups in total. The van der Waals surface area contributed by atoms with E-state index in [1.807, 2.05) is 35.2 Å². The molecule has 0 spiro atoms. The third-order valence-corrected chi connectivity index (χ3v) is 4.45. The Kier molecular flexibility index (Phi) is 1.96. The molecule has 0 aromatic heterocycles. The van der Waals surface area contributed by atoms with Crippen molar-refractivity contribution in [2.24, 2.45) is 5.92 Å². The maximum absolute atomic E-state index is 12.2. The van der Waals surface area contributed by atoms with Crippen LogP contribution in [-0.2, 0) is 4.87 Å². The van der Waals surface area contributed by atoms with Crippen molar-refractivity contribution < 1.29 is 4.79 Å². The number of hydrogen-bond acceptors (Lipinski definition) is 2. The first kappa shape index (κ1) is 9.97. The summed E-state index contributed by atoms with van der Waals surface area (Å²) in [5.74, 6) is 0.332. The summed E-state index contributed by atoms with van der Waals surface area (Å²) in [6, 6.07) is 7.78. The van der Waals surface area contributed by atoms with E-state index in [4.69, 9.17) is 12.6 Å². The summed E-state index contributed by atoms with van der Waals surface area (Å²) in [7, 11) is 0. The van der Waals surface area contributed by atoms with E-state index in [0.717, 1.165) is 11.1 Å². The normalized spacial score (nSPS) is 31.5. The molecule has 2 aliphatic rings. The van der Waals surface area contributed by atoms with Gasteiger partial charge in [-0.2, -0.15) is 0 Å². The Balaban J connectivity index is 2.26. The summed E-state index contributed by atoms with van der Waals surface area (Å²) in [4.78, 5) is 13.6. The Labute approximate surface area is 100 Å². The predicted molar refractivity (Wildman–Crippen MR) is 66.4 cm³/mol. The molecule has 3 rings (SSSR count). The lowest BCUT2D eigenvalue weighted by Crippen LogP contribution is -2.46. The highest BCUT2D eigenvalue weighted by Crippen LogP contribution is 2.49. The minimum Gasteiger partial charge on any atom is -0.316 e. The van der Waals surface area contributed by atoms with Crippen molar-refractivity contribution in [3.63, 3.8) is 0 Å². The van der Waals surface area contributed by atoms with Crippen molar-refractivity contribution in [3.8, 4) is 0 Å². The summed E-state index contributed by atoms with van der Waals surface area (Å²) in [5, 5.41) is 0. The first-order valence-electron chi connectivity index (χ1n) is 5.46. The van der Waals surface area contributed by atoms with E-state index in [0.29, 0.717) is 6.54 Å². The lowest BCUT2D eigenvalue weighted by Gasteiger charge is -2.41. The molecule has 2 heterocycles. The fraction of sp³-hybridized carbons (Fsp3) is 0.308. The lowest BCUT2D eigenvalue weighted by atomic mass is 9.91. The van der Waals surface area contributed by atoms with Crippen LogP contribution in [0.25, 0.3) is 0 Å². The molecule has 0 radical (unpaired) electrons. The van der Waals surface area contributed by atoms with Crippen LogP contribution < -0.4 is 0 Å². The first-order valence-corrected chi connectivity index (χ1v) is 5.91. The molecule has 0 bridgehead atoms. The first-order chi connectivity index (χ1) is 7.65. The Morgan fingerprint density at radius 2 is 2.19 bits per heavy atom. The van der Waals surface area contributed by atoms with E-state index < -0.39 is 4.87 Å². The largest absolute Gasteiger partial charge is 0.316 e. The minimum absolute atomic E-state index is 0.0989. The van der Waals surface area contributed by atoms with E-state index in [2.05, 4.69) is 13.0 Å². The van der Waals surface area contributed by atoms with Gasteiger partial charge in [-0.25, -0.2) is 0 Å². The van der Waals surface area contributed by atoms with Crippen molar-refractivity contribution >= 4 is 18.5 Å². The number of carbonyl (C=O) groups is 1. The summed E-state index contributed by atoms with van der Waals surface area (Å²) in [6.07, 6.45) is 4.18. The van der Waals surface area contributed by atoms with Crippen LogP contribution in [0.2, 0.25) is 0 Å². The van der Waals surface area contributed by atoms with E-state index in [9.17, 15) is 4.79 Å². The Morgan fingerprint density at radius 1 is 1.44 bits per heavy atom. The SMILES string of the molecule is C[C@H]1C=CCN2C(=O)c3ccccc3[C@]12S. The van der Waals surface area contributed by atoms with Crippen molar-refractivity contribution in [1.29, 1.82) is 0 Å². The molecule has 1 amide bonds. The zero-order chi connectivity index (χ0) is 11.3. The third-order valence-electron chi connectivity index (χ3n) is 3.56. The van der Waals surface area contributed by atoms with Crippen LogP contribution in [0.15, 0.2) is 36.4 Å². The molecule has 2 aliphatic heterocycles. The van der Waals surface area contributed by atoms with Gasteiger partial charge in [-0.05, 0) is 6.07 Å². The highest BCUT2D eigenvalue weighted by Gasteiger charge is 2.50. The fourth-order valence-corrected chi connectivity index (χ4v) is 3.11. The zero-order valence-electron chi connectivity index (χ0n) is 9.05. The van der Waals surface area contributed by atoms with Crippen molar-refractivity contribution in [1.82, 2.24) is 4.90 Å². The van der Waals surface area contributed by atoms with Crippen LogP contribution in [0.4, 0.5) is 0 Å². The van der Waals surface area contributed by atoms with Crippen LogP contribution in [0.3, 0.4) is 0 Å². The number of thiol groups is 1. The summed E-state index contributed by atoms with van der Waals surface area (Å²) in [6.45, 7) is 2.76. The molecule has 0 fully saturated rings. The molecule has 0 saturated heterocycles. The predicted octanol–water partition coefficient (Wildman–Crippen LogP) is 2.43. The van der Waals surface area contributed by atoms with E-state index in [1.54, 1.807) is 0 Å². The van der Waals surface area contributed by atoms with Gasteiger partial charge in [0.05, 0.1) is 0 Å². The molecule has 82 valence electrons. The van der Waals surface area contributed by atoms with Gasteiger partial charge in [0.1, 0.15) is 4.87 Å². The van der Waals surface area contributed by atoms with Gasteiger partial charge in [0.15, 0.2) is 0 Å². The van der Waals surface area contributed by atoms with Gasteiger partial charge < -0.3 is 4.90 Å². The molecule has 3 heteroatoms. The lowest BCUT2D eigenvalue weighted by molar-refractivity contribution is 0.0665. The van der Waals surface area contributed by atoms with Crippen LogP contribution in [-0.4, -0.2) is 17.4 Å². The number of fused-ring (bicyclic) bond motifs is 3. The highest BCUT2D eigenvalue weighted by molar-refractivity contribution is 7.81. The number of rotatable bonds is 0. The maximum atomic E-state index is 12.2. The molecule has 1 aromatic rings. The molecule has 0 saturated carbocycles. The highest BCUT2D eigenvalue weighted by atomic mass is 32.1. The zero-order valence-corrected chi connectivity index (χ0v) is 9.95. The average molecular weight is 231 g/mol. The van der Waals surface area contributed by atoms with E-state index in [-0.39, 0.29) is 11.8 Å². The monoisotopic (exact) mass is 231 g/mol. The summed E-state index contributed by atoms with van der Waals surface area (Å²) < 4.78 is 0. The molecule has 2 atom stereocenters. The van der Waals surface area contributed by atoms with Gasteiger partial charge in [-0.15, -0.1) is 12.6 Å². The smallest absolute Gasteiger partial charge is 0.255 e. The summed E-state index contributed by atoms with van der Waals surface area (Å²) >= 11 is 4.79. The molecule has 0 unspecified atom stereocenters. The number of carbonyl (C=O) groups excluding carboxylic acids is 1. The van der Waals surface area contributed by atoms with Gasteiger partial charge in [0, 0.05) is 23.6 Å². The number of hydrogen-bond donors (Lipinski definition) is 1. The summed E-state index contributed by atoms with van der Waals surface area (Å²) in [5.41, 5.74) is 1.84. The maximum Gasteiger partial charge on any atom is 0.255 e. The van der Waals surface area contributed by atoms with Gasteiger partial charge in [-0.1, -0.05) is 37.3 Å². The second-order valence-electron chi connectivity index (χ2n) is 4.40. The van der Waals surface area contributed by atoms with Crippen LogP contribution in [0, 0.1) is 5.92 Å². The second kappa shape index (κ2) is 3.14. The van der Waals surface area contributed by atoms with Crippen molar-refractivity contribution in [3.05, 3.63) is 47.5 Å². The Morgan fingerprint density at radius 3 is 3.00 bits per heavy atom. The molecule has 2 nitrogen and oxygen atoms in total. The van der Waals surface area contributed by atoms with Crippen molar-refractivity contribution in [2.45, 2.75) is 11.8 Å². The van der Waals surface area contributed by atoms with E-state index in [1.165, 1.54) is 0 Å².